The highest BCUT2D eigenvalue weighted by molar-refractivity contribution is 6.28. The van der Waals surface area contributed by atoms with Gasteiger partial charge in [0, 0.05) is 5.92 Å². The molecule has 1 heterocycles. The zero-order chi connectivity index (χ0) is 20.9. The van der Waals surface area contributed by atoms with Crippen molar-refractivity contribution >= 4 is 17.7 Å². The van der Waals surface area contributed by atoms with Gasteiger partial charge in [0.1, 0.15) is 12.2 Å². The number of nitrogens with one attached hydrogen (secondary N) is 1. The lowest BCUT2D eigenvalue weighted by atomic mass is 9.98. The summed E-state index contributed by atoms with van der Waals surface area (Å²) < 4.78 is 10.6. The number of fused-ring (bicyclic) bond motifs is 3. The molecule has 0 aliphatic heterocycles. The van der Waals surface area contributed by atoms with Crippen LogP contribution >= 0.6 is 11.6 Å². The summed E-state index contributed by atoms with van der Waals surface area (Å²) in [5.74, 6) is 5.96. The Morgan fingerprint density at radius 1 is 1.13 bits per heavy atom. The van der Waals surface area contributed by atoms with Crippen molar-refractivity contribution in [2.45, 2.75) is 5.92 Å². The molecule has 7 heteroatoms. The zero-order valence-corrected chi connectivity index (χ0v) is 16.9. The monoisotopic (exact) mass is 419 g/mol. The molecule has 0 unspecified atom stereocenters. The molecule has 2 aromatic carbocycles. The molecule has 0 fully saturated rings. The van der Waals surface area contributed by atoms with Crippen LogP contribution in [0.25, 0.3) is 11.1 Å². The quantitative estimate of drug-likeness (QED) is 0.510. The van der Waals surface area contributed by atoms with E-state index in [-0.39, 0.29) is 30.2 Å². The molecule has 0 saturated carbocycles. The van der Waals surface area contributed by atoms with Gasteiger partial charge in [-0.15, -0.1) is 0 Å². The highest BCUT2D eigenvalue weighted by atomic mass is 35.5. The Morgan fingerprint density at radius 3 is 2.47 bits per heavy atom. The predicted molar refractivity (Wildman–Crippen MR) is 114 cm³/mol. The van der Waals surface area contributed by atoms with Gasteiger partial charge in [-0.05, 0) is 33.9 Å². The van der Waals surface area contributed by atoms with E-state index in [1.54, 1.807) is 0 Å². The molecule has 1 aliphatic rings. The summed E-state index contributed by atoms with van der Waals surface area (Å²) in [5.41, 5.74) is 5.19. The SMILES string of the molecule is COc1nc(Cl)ncc1C#CCNC(=O)OCC1c2ccccc2-c2ccccc21. The third-order valence-corrected chi connectivity index (χ3v) is 4.99. The van der Waals surface area contributed by atoms with Crippen molar-refractivity contribution in [3.8, 4) is 28.8 Å². The third kappa shape index (κ3) is 4.07. The number of methoxy groups -OCH3 is 1. The average Bonchev–Trinajstić information content (AvgIpc) is 3.10. The van der Waals surface area contributed by atoms with Crippen LogP contribution in [0, 0.1) is 11.8 Å². The summed E-state index contributed by atoms with van der Waals surface area (Å²) in [6, 6.07) is 16.4. The van der Waals surface area contributed by atoms with Crippen LogP contribution in [0.3, 0.4) is 0 Å². The van der Waals surface area contributed by atoms with Gasteiger partial charge in [0.05, 0.1) is 19.9 Å². The Kier molecular flexibility index (Phi) is 5.82. The number of alkyl carbamates (subject to hydrolysis) is 1. The number of nitrogens with zero attached hydrogens (tertiary/aromatic N) is 2. The van der Waals surface area contributed by atoms with Crippen molar-refractivity contribution in [2.75, 3.05) is 20.3 Å². The predicted octanol–water partition coefficient (Wildman–Crippen LogP) is 4.03. The van der Waals surface area contributed by atoms with E-state index in [2.05, 4.69) is 51.4 Å². The van der Waals surface area contributed by atoms with Gasteiger partial charge in [0.15, 0.2) is 0 Å². The van der Waals surface area contributed by atoms with Gasteiger partial charge >= 0.3 is 6.09 Å². The molecule has 3 aromatic rings. The second-order valence-corrected chi connectivity index (χ2v) is 6.88. The minimum Gasteiger partial charge on any atom is -0.480 e. The van der Waals surface area contributed by atoms with Gasteiger partial charge in [0.2, 0.25) is 11.2 Å². The molecule has 6 nitrogen and oxygen atoms in total. The van der Waals surface area contributed by atoms with Crippen molar-refractivity contribution in [2.24, 2.45) is 0 Å². The van der Waals surface area contributed by atoms with Crippen molar-refractivity contribution in [1.82, 2.24) is 15.3 Å². The number of hydrogen-bond acceptors (Lipinski definition) is 5. The lowest BCUT2D eigenvalue weighted by molar-refractivity contribution is 0.144. The zero-order valence-electron chi connectivity index (χ0n) is 16.2. The minimum atomic E-state index is -0.523. The Hall–Kier alpha value is -3.56. The number of benzene rings is 2. The molecule has 1 N–H and O–H groups in total. The molecule has 30 heavy (non-hydrogen) atoms. The van der Waals surface area contributed by atoms with Crippen LogP contribution in [0.4, 0.5) is 4.79 Å². The maximum Gasteiger partial charge on any atom is 0.407 e. The van der Waals surface area contributed by atoms with Gasteiger partial charge in [-0.1, -0.05) is 60.4 Å². The fourth-order valence-electron chi connectivity index (χ4n) is 3.49. The molecule has 150 valence electrons. The molecule has 0 saturated heterocycles. The van der Waals surface area contributed by atoms with Crippen molar-refractivity contribution < 1.29 is 14.3 Å². The lowest BCUT2D eigenvalue weighted by Gasteiger charge is -2.14. The first-order chi connectivity index (χ1) is 14.7. The number of amides is 1. The van der Waals surface area contributed by atoms with Crippen LogP contribution in [0.1, 0.15) is 22.6 Å². The molecule has 0 radical (unpaired) electrons. The molecule has 1 aliphatic carbocycles. The molecule has 1 amide bonds. The normalized spacial score (nSPS) is 11.7. The van der Waals surface area contributed by atoms with Crippen molar-refractivity contribution in [3.63, 3.8) is 0 Å². The minimum absolute atomic E-state index is 0.0183. The van der Waals surface area contributed by atoms with Gasteiger partial charge in [-0.25, -0.2) is 9.78 Å². The molecule has 4 rings (SSSR count). The van der Waals surface area contributed by atoms with Gasteiger partial charge < -0.3 is 14.8 Å². The Morgan fingerprint density at radius 2 is 1.80 bits per heavy atom. The van der Waals surface area contributed by atoms with E-state index in [4.69, 9.17) is 21.1 Å². The van der Waals surface area contributed by atoms with Gasteiger partial charge in [-0.3, -0.25) is 0 Å². The summed E-state index contributed by atoms with van der Waals surface area (Å²) in [7, 11) is 1.47. The topological polar surface area (TPSA) is 73.3 Å². The molecular weight excluding hydrogens is 402 g/mol. The molecular formula is C23H18ClN3O3. The summed E-state index contributed by atoms with van der Waals surface area (Å²) in [6.07, 6.45) is 0.944. The standard InChI is InChI=1S/C23H18ClN3O3/c1-29-21-15(13-26-22(24)27-21)7-6-12-25-23(28)30-14-20-18-10-4-2-8-16(18)17-9-3-5-11-19(17)20/h2-5,8-11,13,20H,12,14H2,1H3,(H,25,28). The van der Waals surface area contributed by atoms with Crippen LogP contribution in [-0.4, -0.2) is 36.3 Å². The third-order valence-electron chi connectivity index (χ3n) is 4.81. The van der Waals surface area contributed by atoms with Gasteiger partial charge in [0.25, 0.3) is 0 Å². The van der Waals surface area contributed by atoms with E-state index in [1.165, 1.54) is 35.6 Å². The van der Waals surface area contributed by atoms with E-state index in [1.807, 2.05) is 24.3 Å². The summed E-state index contributed by atoms with van der Waals surface area (Å²) in [4.78, 5) is 19.9. The number of ether oxygens (including phenoxy) is 2. The number of halogens is 1. The van der Waals surface area contributed by atoms with E-state index >= 15 is 0 Å². The van der Waals surface area contributed by atoms with Crippen LogP contribution < -0.4 is 10.1 Å². The number of hydrogen-bond donors (Lipinski definition) is 1. The first-order valence-electron chi connectivity index (χ1n) is 9.31. The smallest absolute Gasteiger partial charge is 0.407 e. The van der Waals surface area contributed by atoms with E-state index in [9.17, 15) is 4.79 Å². The van der Waals surface area contributed by atoms with Crippen LogP contribution in [0.2, 0.25) is 5.28 Å². The Labute approximate surface area is 179 Å². The summed E-state index contributed by atoms with van der Waals surface area (Å²) in [6.45, 7) is 0.370. The first-order valence-corrected chi connectivity index (χ1v) is 9.69. The molecule has 0 atom stereocenters. The average molecular weight is 420 g/mol. The maximum absolute atomic E-state index is 12.1. The fraction of sp³-hybridized carbons (Fsp3) is 0.174. The second kappa shape index (κ2) is 8.85. The Balaban J connectivity index is 1.35. The molecule has 1 aromatic heterocycles. The van der Waals surface area contributed by atoms with E-state index < -0.39 is 6.09 Å². The van der Waals surface area contributed by atoms with Crippen molar-refractivity contribution in [3.05, 3.63) is 76.7 Å². The number of carbonyl (C=O) groups excluding carboxylic acids is 1. The highest BCUT2D eigenvalue weighted by Crippen LogP contribution is 2.44. The number of rotatable bonds is 4. The highest BCUT2D eigenvalue weighted by Gasteiger charge is 2.28. The largest absolute Gasteiger partial charge is 0.480 e. The summed E-state index contributed by atoms with van der Waals surface area (Å²) in [5, 5.41) is 2.71. The Bertz CT molecular complexity index is 1110. The molecule has 0 spiro atoms. The van der Waals surface area contributed by atoms with Crippen LogP contribution in [0.5, 0.6) is 5.88 Å². The number of aromatic nitrogens is 2. The second-order valence-electron chi connectivity index (χ2n) is 6.54. The molecule has 0 bridgehead atoms. The van der Waals surface area contributed by atoms with E-state index in [0.717, 1.165) is 0 Å². The first kappa shape index (κ1) is 19.7. The fourth-order valence-corrected chi connectivity index (χ4v) is 3.62. The lowest BCUT2D eigenvalue weighted by Crippen LogP contribution is -2.26. The van der Waals surface area contributed by atoms with Gasteiger partial charge in [-0.2, -0.15) is 4.98 Å². The summed E-state index contributed by atoms with van der Waals surface area (Å²) >= 11 is 5.73. The van der Waals surface area contributed by atoms with Crippen LogP contribution in [-0.2, 0) is 4.74 Å². The van der Waals surface area contributed by atoms with E-state index in [0.29, 0.717) is 5.56 Å². The van der Waals surface area contributed by atoms with Crippen LogP contribution in [0.15, 0.2) is 54.7 Å². The number of carbonyl (C=O) groups is 1. The maximum atomic E-state index is 12.1. The van der Waals surface area contributed by atoms with Crippen molar-refractivity contribution in [1.29, 1.82) is 0 Å².